The molecule has 1 fully saturated rings. The van der Waals surface area contributed by atoms with Gasteiger partial charge in [-0.3, -0.25) is 9.69 Å². The number of aromatic nitrogens is 1. The molecule has 0 unspecified atom stereocenters. The second-order valence-electron chi connectivity index (χ2n) is 6.02. The summed E-state index contributed by atoms with van der Waals surface area (Å²) >= 11 is 0. The quantitative estimate of drug-likeness (QED) is 0.836. The van der Waals surface area contributed by atoms with Crippen molar-refractivity contribution in [1.29, 1.82) is 0 Å². The highest BCUT2D eigenvalue weighted by Gasteiger charge is 2.33. The van der Waals surface area contributed by atoms with E-state index < -0.39 is 12.3 Å². The zero-order valence-corrected chi connectivity index (χ0v) is 13.2. The molecule has 0 bridgehead atoms. The average Bonchev–Trinajstić information content (AvgIpc) is 3.29. The molecule has 7 nitrogen and oxygen atoms in total. The highest BCUT2D eigenvalue weighted by Crippen LogP contribution is 2.39. The summed E-state index contributed by atoms with van der Waals surface area (Å²) in [5.41, 5.74) is 1.20. The van der Waals surface area contributed by atoms with Crippen LogP contribution < -0.4 is 9.64 Å². The number of carboxylic acid groups (broad SMARTS) is 1. The van der Waals surface area contributed by atoms with Crippen LogP contribution in [0.1, 0.15) is 33.7 Å². The van der Waals surface area contributed by atoms with Crippen LogP contribution in [-0.2, 0) is 0 Å². The number of alkyl halides is 1. The van der Waals surface area contributed by atoms with Gasteiger partial charge in [0.1, 0.15) is 5.69 Å². The molecular weight excluding hydrogens is 329 g/mol. The first kappa shape index (κ1) is 15.5. The first-order chi connectivity index (χ1) is 12.0. The van der Waals surface area contributed by atoms with E-state index in [2.05, 4.69) is 4.98 Å². The molecule has 130 valence electrons. The summed E-state index contributed by atoms with van der Waals surface area (Å²) in [5.74, 6) is -0.269. The Hall–Kier alpha value is -3.03. The Morgan fingerprint density at radius 3 is 2.68 bits per heavy atom. The number of halogens is 1. The van der Waals surface area contributed by atoms with Gasteiger partial charge in [0.15, 0.2) is 24.6 Å². The second kappa shape index (κ2) is 5.80. The Kier molecular flexibility index (Phi) is 3.60. The molecule has 1 aromatic carbocycles. The van der Waals surface area contributed by atoms with Crippen molar-refractivity contribution in [2.45, 2.75) is 19.1 Å². The van der Waals surface area contributed by atoms with Crippen LogP contribution in [0.4, 0.5) is 15.9 Å². The first-order valence-electron chi connectivity index (χ1n) is 7.96. The van der Waals surface area contributed by atoms with Gasteiger partial charge in [-0.2, -0.15) is 0 Å². The topological polar surface area (TPSA) is 85.9 Å². The minimum Gasteiger partial charge on any atom is -0.478 e. The van der Waals surface area contributed by atoms with E-state index >= 15 is 0 Å². The van der Waals surface area contributed by atoms with Crippen molar-refractivity contribution >= 4 is 23.4 Å². The molecule has 0 saturated carbocycles. The molecule has 0 radical (unpaired) electrons. The maximum absolute atomic E-state index is 13.8. The van der Waals surface area contributed by atoms with Crippen molar-refractivity contribution < 1.29 is 23.8 Å². The summed E-state index contributed by atoms with van der Waals surface area (Å²) in [4.78, 5) is 29.4. The zero-order chi connectivity index (χ0) is 17.6. The van der Waals surface area contributed by atoms with Crippen LogP contribution in [0.15, 0.2) is 30.3 Å². The summed E-state index contributed by atoms with van der Waals surface area (Å²) in [6.07, 6.45) is -0.220. The third-order valence-corrected chi connectivity index (χ3v) is 4.48. The van der Waals surface area contributed by atoms with E-state index in [0.717, 1.165) is 5.69 Å². The molecular formula is C17H16FN3O4. The van der Waals surface area contributed by atoms with Gasteiger partial charge < -0.3 is 19.7 Å². The smallest absolute Gasteiger partial charge is 0.335 e. The van der Waals surface area contributed by atoms with E-state index in [1.165, 1.54) is 17.0 Å². The van der Waals surface area contributed by atoms with E-state index in [0.29, 0.717) is 31.0 Å². The summed E-state index contributed by atoms with van der Waals surface area (Å²) in [7, 11) is 0. The van der Waals surface area contributed by atoms with Crippen LogP contribution in [0.2, 0.25) is 0 Å². The van der Waals surface area contributed by atoms with Gasteiger partial charge in [-0.1, -0.05) is 0 Å². The van der Waals surface area contributed by atoms with Gasteiger partial charge in [-0.25, -0.2) is 9.18 Å². The van der Waals surface area contributed by atoms with E-state index in [4.69, 9.17) is 9.84 Å². The standard InChI is InChI=1S/C17H16FN3O4/c18-14-2-1-7-20(14)16(22)12-8-13-15(19-12)21(9-25-13)11-5-3-10(4-6-11)17(23)24/h3-6,8,14,19H,1-2,7,9H2,(H,23,24)/t14-/m1/s1. The van der Waals surface area contributed by atoms with Crippen LogP contribution >= 0.6 is 0 Å². The third kappa shape index (κ3) is 2.59. The molecule has 1 saturated heterocycles. The molecule has 1 aromatic heterocycles. The van der Waals surface area contributed by atoms with Crippen molar-refractivity contribution in [2.24, 2.45) is 0 Å². The van der Waals surface area contributed by atoms with Crippen LogP contribution in [0.3, 0.4) is 0 Å². The Morgan fingerprint density at radius 1 is 1.28 bits per heavy atom. The minimum absolute atomic E-state index is 0.189. The Morgan fingerprint density at radius 2 is 2.04 bits per heavy atom. The fraction of sp³-hybridized carbons (Fsp3) is 0.294. The highest BCUT2D eigenvalue weighted by atomic mass is 19.1. The van der Waals surface area contributed by atoms with Gasteiger partial charge in [-0.15, -0.1) is 0 Å². The monoisotopic (exact) mass is 345 g/mol. The number of carbonyl (C=O) groups excluding carboxylic acids is 1. The Bertz CT molecular complexity index is 833. The number of carbonyl (C=O) groups is 2. The number of aromatic carboxylic acids is 1. The summed E-state index contributed by atoms with van der Waals surface area (Å²) in [6, 6.07) is 7.92. The predicted molar refractivity (Wildman–Crippen MR) is 87.0 cm³/mol. The maximum Gasteiger partial charge on any atom is 0.335 e. The lowest BCUT2D eigenvalue weighted by Gasteiger charge is -2.19. The first-order valence-corrected chi connectivity index (χ1v) is 7.96. The number of fused-ring (bicyclic) bond motifs is 1. The van der Waals surface area contributed by atoms with Gasteiger partial charge >= 0.3 is 5.97 Å². The van der Waals surface area contributed by atoms with Gasteiger partial charge in [0, 0.05) is 18.3 Å². The van der Waals surface area contributed by atoms with Gasteiger partial charge in [0.05, 0.1) is 5.56 Å². The van der Waals surface area contributed by atoms with Gasteiger partial charge in [0.25, 0.3) is 5.91 Å². The molecule has 1 amide bonds. The van der Waals surface area contributed by atoms with E-state index in [9.17, 15) is 14.0 Å². The van der Waals surface area contributed by atoms with E-state index in [1.54, 1.807) is 23.1 Å². The number of ether oxygens (including phenoxy) is 1. The molecule has 25 heavy (non-hydrogen) atoms. The van der Waals surface area contributed by atoms with E-state index in [1.807, 2.05) is 0 Å². The van der Waals surface area contributed by atoms with Gasteiger partial charge in [0.2, 0.25) is 0 Å². The van der Waals surface area contributed by atoms with E-state index in [-0.39, 0.29) is 23.9 Å². The van der Waals surface area contributed by atoms with Crippen molar-refractivity contribution in [3.05, 3.63) is 41.6 Å². The number of carboxylic acids is 1. The lowest BCUT2D eigenvalue weighted by Crippen LogP contribution is -2.33. The lowest BCUT2D eigenvalue weighted by atomic mass is 10.2. The Balaban J connectivity index is 1.59. The summed E-state index contributed by atoms with van der Waals surface area (Å²) < 4.78 is 19.4. The molecule has 8 heteroatoms. The molecule has 2 aromatic rings. The number of nitrogens with zero attached hydrogens (tertiary/aromatic N) is 2. The molecule has 0 aliphatic carbocycles. The molecule has 0 spiro atoms. The SMILES string of the molecule is O=C(O)c1ccc(N2COc3cc(C(=O)N4CCC[C@@H]4F)[nH]c32)cc1. The van der Waals surface area contributed by atoms with Crippen LogP contribution in [-0.4, -0.2) is 46.4 Å². The summed E-state index contributed by atoms with van der Waals surface area (Å²) in [6.45, 7) is 0.655. The fourth-order valence-corrected chi connectivity index (χ4v) is 3.15. The average molecular weight is 345 g/mol. The Labute approximate surface area is 142 Å². The lowest BCUT2D eigenvalue weighted by molar-refractivity contribution is 0.0585. The number of rotatable bonds is 3. The molecule has 2 N–H and O–H groups in total. The van der Waals surface area contributed by atoms with Crippen LogP contribution in [0.25, 0.3) is 0 Å². The van der Waals surface area contributed by atoms with Crippen molar-refractivity contribution in [3.8, 4) is 5.75 Å². The number of benzene rings is 1. The third-order valence-electron chi connectivity index (χ3n) is 4.48. The number of aromatic amines is 1. The number of likely N-dealkylation sites (tertiary alicyclic amines) is 1. The molecule has 2 aliphatic rings. The molecule has 1 atom stereocenters. The highest BCUT2D eigenvalue weighted by molar-refractivity contribution is 5.95. The van der Waals surface area contributed by atoms with Crippen molar-refractivity contribution in [1.82, 2.24) is 9.88 Å². The van der Waals surface area contributed by atoms with Crippen LogP contribution in [0.5, 0.6) is 5.75 Å². The van der Waals surface area contributed by atoms with Crippen LogP contribution in [0, 0.1) is 0 Å². The largest absolute Gasteiger partial charge is 0.478 e. The number of anilines is 2. The molecule has 2 aliphatic heterocycles. The number of hydrogen-bond donors (Lipinski definition) is 2. The zero-order valence-electron chi connectivity index (χ0n) is 13.2. The van der Waals surface area contributed by atoms with Crippen molar-refractivity contribution in [2.75, 3.05) is 18.2 Å². The normalized spacial score (nSPS) is 19.0. The fourth-order valence-electron chi connectivity index (χ4n) is 3.15. The van der Waals surface area contributed by atoms with Gasteiger partial charge in [-0.05, 0) is 37.1 Å². The number of H-pyrrole nitrogens is 1. The maximum atomic E-state index is 13.8. The number of hydrogen-bond acceptors (Lipinski definition) is 4. The van der Waals surface area contributed by atoms with Crippen molar-refractivity contribution in [3.63, 3.8) is 0 Å². The number of amides is 1. The second-order valence-corrected chi connectivity index (χ2v) is 6.02. The predicted octanol–water partition coefficient (Wildman–Crippen LogP) is 2.73. The summed E-state index contributed by atoms with van der Waals surface area (Å²) in [5, 5.41) is 8.97. The molecule has 4 rings (SSSR count). The number of nitrogens with one attached hydrogen (secondary N) is 1. The molecule has 3 heterocycles. The minimum atomic E-state index is -1.24.